The molecule has 9 heteroatoms. The molecule has 0 aliphatic heterocycles. The molecule has 3 aromatic heterocycles. The van der Waals surface area contributed by atoms with E-state index in [1.807, 2.05) is 35.0 Å². The fourth-order valence-corrected chi connectivity index (χ4v) is 3.66. The second-order valence-electron chi connectivity index (χ2n) is 5.90. The van der Waals surface area contributed by atoms with E-state index in [-0.39, 0.29) is 12.5 Å². The number of nitrogens with one attached hydrogen (secondary N) is 2. The molecule has 7 nitrogen and oxygen atoms in total. The molecule has 1 aromatic carbocycles. The lowest BCUT2D eigenvalue weighted by atomic mass is 10.2. The molecule has 4 N–H and O–H groups in total. The minimum atomic E-state index is -0.538. The fraction of sp³-hybridized carbons (Fsp3) is 0.0556. The molecule has 2 amide bonds. The molecule has 0 atom stereocenters. The SMILES string of the molecule is NC(=O)c1cc(-c2csc(NC(=O)Cn3ccc4ccc(Cl)cc43)n2)c[nH]1. The zero-order valence-electron chi connectivity index (χ0n) is 13.9. The number of hydrogen-bond donors (Lipinski definition) is 3. The third kappa shape index (κ3) is 3.57. The largest absolute Gasteiger partial charge is 0.364 e. The van der Waals surface area contributed by atoms with Gasteiger partial charge in [-0.1, -0.05) is 17.7 Å². The van der Waals surface area contributed by atoms with E-state index in [0.717, 1.165) is 16.5 Å². The van der Waals surface area contributed by atoms with Crippen LogP contribution in [-0.4, -0.2) is 26.3 Å². The van der Waals surface area contributed by atoms with Gasteiger partial charge >= 0.3 is 0 Å². The van der Waals surface area contributed by atoms with Crippen LogP contribution in [0.5, 0.6) is 0 Å². The number of aromatic amines is 1. The quantitative estimate of drug-likeness (QED) is 0.478. The molecule has 0 aliphatic rings. The molecule has 0 saturated heterocycles. The number of carbonyl (C=O) groups is 2. The highest BCUT2D eigenvalue weighted by atomic mass is 35.5. The van der Waals surface area contributed by atoms with Crippen LogP contribution in [0.1, 0.15) is 10.5 Å². The summed E-state index contributed by atoms with van der Waals surface area (Å²) < 4.78 is 1.83. The highest BCUT2D eigenvalue weighted by Crippen LogP contribution is 2.26. The van der Waals surface area contributed by atoms with Crippen molar-refractivity contribution in [2.45, 2.75) is 6.54 Å². The minimum absolute atomic E-state index is 0.148. The number of carbonyl (C=O) groups excluding carboxylic acids is 2. The van der Waals surface area contributed by atoms with Crippen molar-refractivity contribution in [1.29, 1.82) is 0 Å². The van der Waals surface area contributed by atoms with Gasteiger partial charge in [0.15, 0.2) is 5.13 Å². The Kier molecular flexibility index (Phi) is 4.43. The van der Waals surface area contributed by atoms with E-state index in [1.54, 1.807) is 17.6 Å². The molecule has 0 saturated carbocycles. The van der Waals surface area contributed by atoms with E-state index in [1.165, 1.54) is 11.3 Å². The Balaban J connectivity index is 1.47. The third-order valence-electron chi connectivity index (χ3n) is 4.04. The Labute approximate surface area is 162 Å². The Morgan fingerprint density at radius 1 is 1.30 bits per heavy atom. The Morgan fingerprint density at radius 3 is 2.93 bits per heavy atom. The van der Waals surface area contributed by atoms with Crippen molar-refractivity contribution in [3.63, 3.8) is 0 Å². The number of fused-ring (bicyclic) bond motifs is 1. The van der Waals surface area contributed by atoms with Gasteiger partial charge < -0.3 is 20.6 Å². The molecule has 4 aromatic rings. The van der Waals surface area contributed by atoms with Crippen LogP contribution in [0, 0.1) is 0 Å². The third-order valence-corrected chi connectivity index (χ3v) is 5.04. The zero-order chi connectivity index (χ0) is 19.0. The van der Waals surface area contributed by atoms with Gasteiger partial charge in [-0.3, -0.25) is 9.59 Å². The zero-order valence-corrected chi connectivity index (χ0v) is 15.5. The fourth-order valence-electron chi connectivity index (χ4n) is 2.76. The standard InChI is InChI=1S/C18H14ClN5O2S/c19-12-2-1-10-3-4-24(15(10)6-12)8-16(25)23-18-22-14(9-27-18)11-5-13(17(20)26)21-7-11/h1-7,9,21H,8H2,(H2,20,26)(H,22,23,25). The summed E-state index contributed by atoms with van der Waals surface area (Å²) >= 11 is 7.35. The number of anilines is 1. The molecule has 0 fully saturated rings. The number of thiazole rings is 1. The molecule has 27 heavy (non-hydrogen) atoms. The summed E-state index contributed by atoms with van der Waals surface area (Å²) in [5.41, 5.74) is 7.81. The maximum Gasteiger partial charge on any atom is 0.265 e. The lowest BCUT2D eigenvalue weighted by Gasteiger charge is -2.05. The number of H-pyrrole nitrogens is 1. The molecule has 0 aliphatic carbocycles. The van der Waals surface area contributed by atoms with Gasteiger partial charge in [-0.2, -0.15) is 0 Å². The second-order valence-corrected chi connectivity index (χ2v) is 7.19. The van der Waals surface area contributed by atoms with Gasteiger partial charge in [-0.05, 0) is 29.7 Å². The van der Waals surface area contributed by atoms with Crippen molar-refractivity contribution < 1.29 is 9.59 Å². The summed E-state index contributed by atoms with van der Waals surface area (Å²) in [5.74, 6) is -0.732. The number of aromatic nitrogens is 3. The minimum Gasteiger partial charge on any atom is -0.364 e. The van der Waals surface area contributed by atoms with Crippen LogP contribution < -0.4 is 11.1 Å². The molecule has 3 heterocycles. The number of primary amides is 1. The lowest BCUT2D eigenvalue weighted by molar-refractivity contribution is -0.116. The maximum absolute atomic E-state index is 12.4. The first-order valence-electron chi connectivity index (χ1n) is 7.98. The van der Waals surface area contributed by atoms with Gasteiger partial charge in [0.1, 0.15) is 12.2 Å². The normalized spacial score (nSPS) is 11.0. The van der Waals surface area contributed by atoms with Gasteiger partial charge in [-0.25, -0.2) is 4.98 Å². The Bertz CT molecular complexity index is 1160. The van der Waals surface area contributed by atoms with Crippen LogP contribution >= 0.6 is 22.9 Å². The maximum atomic E-state index is 12.4. The molecule has 0 radical (unpaired) electrons. The van der Waals surface area contributed by atoms with Crippen LogP contribution in [0.4, 0.5) is 5.13 Å². The Morgan fingerprint density at radius 2 is 2.15 bits per heavy atom. The van der Waals surface area contributed by atoms with Crippen LogP contribution in [0.3, 0.4) is 0 Å². The van der Waals surface area contributed by atoms with Gasteiger partial charge in [0.2, 0.25) is 5.91 Å². The van der Waals surface area contributed by atoms with E-state index in [9.17, 15) is 9.59 Å². The summed E-state index contributed by atoms with van der Waals surface area (Å²) in [5, 5.41) is 6.71. The lowest BCUT2D eigenvalue weighted by Crippen LogP contribution is -2.18. The van der Waals surface area contributed by atoms with E-state index in [2.05, 4.69) is 15.3 Å². The molecule has 0 unspecified atom stereocenters. The van der Waals surface area contributed by atoms with Crippen LogP contribution in [0.2, 0.25) is 5.02 Å². The average Bonchev–Trinajstić information content (AvgIpc) is 3.34. The van der Waals surface area contributed by atoms with Crippen molar-refractivity contribution in [1.82, 2.24) is 14.5 Å². The summed E-state index contributed by atoms with van der Waals surface area (Å²) in [6.07, 6.45) is 3.50. The molecular weight excluding hydrogens is 386 g/mol. The monoisotopic (exact) mass is 399 g/mol. The van der Waals surface area contributed by atoms with E-state index in [4.69, 9.17) is 17.3 Å². The van der Waals surface area contributed by atoms with Crippen LogP contribution in [0.25, 0.3) is 22.2 Å². The molecular formula is C18H14ClN5O2S. The van der Waals surface area contributed by atoms with E-state index in [0.29, 0.717) is 21.5 Å². The number of nitrogens with zero attached hydrogens (tertiary/aromatic N) is 2. The smallest absolute Gasteiger partial charge is 0.265 e. The summed E-state index contributed by atoms with van der Waals surface area (Å²) in [4.78, 5) is 30.7. The summed E-state index contributed by atoms with van der Waals surface area (Å²) in [7, 11) is 0. The van der Waals surface area contributed by atoms with Crippen LogP contribution in [0.15, 0.2) is 48.1 Å². The van der Waals surface area contributed by atoms with Crippen molar-refractivity contribution in [2.75, 3.05) is 5.32 Å². The van der Waals surface area contributed by atoms with Crippen molar-refractivity contribution >= 4 is 50.8 Å². The average molecular weight is 400 g/mol. The van der Waals surface area contributed by atoms with Gasteiger partial charge in [0.25, 0.3) is 5.91 Å². The van der Waals surface area contributed by atoms with E-state index >= 15 is 0 Å². The molecule has 0 bridgehead atoms. The molecule has 136 valence electrons. The second kappa shape index (κ2) is 6.90. The highest BCUT2D eigenvalue weighted by molar-refractivity contribution is 7.14. The first-order chi connectivity index (χ1) is 13.0. The topological polar surface area (TPSA) is 106 Å². The number of rotatable bonds is 5. The number of nitrogens with two attached hydrogens (primary N) is 1. The van der Waals surface area contributed by atoms with Crippen LogP contribution in [-0.2, 0) is 11.3 Å². The van der Waals surface area contributed by atoms with Crippen molar-refractivity contribution in [3.05, 3.63) is 58.8 Å². The summed E-state index contributed by atoms with van der Waals surface area (Å²) in [6, 6.07) is 9.11. The number of benzene rings is 1. The summed E-state index contributed by atoms with van der Waals surface area (Å²) in [6.45, 7) is 0.148. The molecule has 0 spiro atoms. The van der Waals surface area contributed by atoms with Gasteiger partial charge in [-0.15, -0.1) is 11.3 Å². The molecule has 4 rings (SSSR count). The van der Waals surface area contributed by atoms with Gasteiger partial charge in [0.05, 0.1) is 5.69 Å². The number of halogens is 1. The van der Waals surface area contributed by atoms with Crippen molar-refractivity contribution in [3.8, 4) is 11.3 Å². The first kappa shape index (κ1) is 17.3. The van der Waals surface area contributed by atoms with E-state index < -0.39 is 5.91 Å². The number of amides is 2. The van der Waals surface area contributed by atoms with Crippen molar-refractivity contribution in [2.24, 2.45) is 5.73 Å². The van der Waals surface area contributed by atoms with Gasteiger partial charge in [0, 0.05) is 33.9 Å². The highest BCUT2D eigenvalue weighted by Gasteiger charge is 2.12. The first-order valence-corrected chi connectivity index (χ1v) is 9.24. The predicted molar refractivity (Wildman–Crippen MR) is 106 cm³/mol. The Hall–Kier alpha value is -3.10. The number of hydrogen-bond acceptors (Lipinski definition) is 4. The predicted octanol–water partition coefficient (Wildman–Crippen LogP) is 3.48.